The molecule has 2 aromatic rings. The van der Waals surface area contributed by atoms with E-state index in [1.807, 2.05) is 19.1 Å². The Labute approximate surface area is 121 Å². The van der Waals surface area contributed by atoms with Gasteiger partial charge in [0.2, 0.25) is 0 Å². The molecule has 21 heavy (non-hydrogen) atoms. The lowest BCUT2D eigenvalue weighted by atomic mass is 10.0. The van der Waals surface area contributed by atoms with Crippen LogP contribution in [-0.4, -0.2) is 12.8 Å². The zero-order valence-electron chi connectivity index (χ0n) is 11.8. The van der Waals surface area contributed by atoms with Gasteiger partial charge >= 0.3 is 6.18 Å². The van der Waals surface area contributed by atoms with Crippen molar-refractivity contribution in [3.63, 3.8) is 0 Å². The number of nitrogens with two attached hydrogens (primary N) is 1. The highest BCUT2D eigenvalue weighted by molar-refractivity contribution is 5.85. The van der Waals surface area contributed by atoms with Crippen LogP contribution in [0.25, 0.3) is 10.8 Å². The van der Waals surface area contributed by atoms with E-state index in [1.165, 1.54) is 6.07 Å². The summed E-state index contributed by atoms with van der Waals surface area (Å²) in [4.78, 5) is 0. The third-order valence-corrected chi connectivity index (χ3v) is 3.32. The third-order valence-electron chi connectivity index (χ3n) is 3.32. The molecule has 0 aliphatic rings. The first-order chi connectivity index (χ1) is 9.93. The molecule has 0 amide bonds. The number of unbranched alkanes of at least 4 members (excludes halogenated alkanes) is 1. The summed E-state index contributed by atoms with van der Waals surface area (Å²) in [6.45, 7) is 2.37. The number of halogens is 3. The molecule has 1 atom stereocenters. The molecule has 0 unspecified atom stereocenters. The maximum atomic E-state index is 12.9. The minimum atomic E-state index is -4.49. The lowest BCUT2D eigenvalue weighted by Crippen LogP contribution is -2.29. The van der Waals surface area contributed by atoms with Crippen molar-refractivity contribution in [1.82, 2.24) is 0 Å². The molecule has 0 saturated carbocycles. The summed E-state index contributed by atoms with van der Waals surface area (Å²) in [5.41, 5.74) is 5.35. The Morgan fingerprint density at radius 3 is 2.33 bits per heavy atom. The van der Waals surface area contributed by atoms with Gasteiger partial charge in [-0.15, -0.1) is 0 Å². The van der Waals surface area contributed by atoms with Gasteiger partial charge in [-0.1, -0.05) is 37.6 Å². The Morgan fingerprint density at radius 1 is 1.14 bits per heavy atom. The number of hydrogen-bond acceptors (Lipinski definition) is 2. The fourth-order valence-corrected chi connectivity index (χ4v) is 2.11. The predicted octanol–water partition coefficient (Wildman–Crippen LogP) is 4.58. The normalized spacial score (nSPS) is 13.4. The highest BCUT2D eigenvalue weighted by Gasteiger charge is 2.39. The molecule has 0 aliphatic carbocycles. The molecule has 2 rings (SSSR count). The Balaban J connectivity index is 2.45. The summed E-state index contributed by atoms with van der Waals surface area (Å²) < 4.78 is 44.3. The highest BCUT2D eigenvalue weighted by atomic mass is 19.4. The first kappa shape index (κ1) is 15.6. The molecule has 0 heterocycles. The molecular weight excluding hydrogens is 279 g/mol. The van der Waals surface area contributed by atoms with Crippen molar-refractivity contribution in [3.8, 4) is 5.75 Å². The standard InChI is InChI=1S/C16H18F3NO/c1-2-3-8-21-14-10-12-7-5-4-6-11(12)9-13(14)15(20)16(17,18)19/h4-7,9-10,15H,2-3,8,20H2,1H3/t15-/m0/s1. The molecule has 0 radical (unpaired) electrons. The van der Waals surface area contributed by atoms with Crippen LogP contribution in [0.5, 0.6) is 5.75 Å². The number of rotatable bonds is 5. The zero-order valence-corrected chi connectivity index (χ0v) is 11.8. The monoisotopic (exact) mass is 297 g/mol. The van der Waals surface area contributed by atoms with Gasteiger partial charge in [-0.25, -0.2) is 0 Å². The second-order valence-electron chi connectivity index (χ2n) is 4.96. The highest BCUT2D eigenvalue weighted by Crippen LogP contribution is 2.37. The van der Waals surface area contributed by atoms with Crippen molar-refractivity contribution < 1.29 is 17.9 Å². The van der Waals surface area contributed by atoms with Gasteiger partial charge in [0.1, 0.15) is 11.8 Å². The van der Waals surface area contributed by atoms with Crippen LogP contribution >= 0.6 is 0 Å². The smallest absolute Gasteiger partial charge is 0.407 e. The molecule has 0 saturated heterocycles. The molecular formula is C16H18F3NO. The Kier molecular flexibility index (Phi) is 4.73. The first-order valence-electron chi connectivity index (χ1n) is 6.91. The van der Waals surface area contributed by atoms with Crippen molar-refractivity contribution in [2.75, 3.05) is 6.61 Å². The van der Waals surface area contributed by atoms with Gasteiger partial charge in [0, 0.05) is 5.56 Å². The van der Waals surface area contributed by atoms with Crippen molar-refractivity contribution >= 4 is 10.8 Å². The quantitative estimate of drug-likeness (QED) is 0.820. The number of ether oxygens (including phenoxy) is 1. The van der Waals surface area contributed by atoms with Crippen LogP contribution in [0.2, 0.25) is 0 Å². The van der Waals surface area contributed by atoms with E-state index in [9.17, 15) is 13.2 Å². The summed E-state index contributed by atoms with van der Waals surface area (Å²) in [5.74, 6) is 0.215. The van der Waals surface area contributed by atoms with Gasteiger partial charge in [0.25, 0.3) is 0 Å². The summed E-state index contributed by atoms with van der Waals surface area (Å²) in [6.07, 6.45) is -2.80. The molecule has 0 bridgehead atoms. The SMILES string of the molecule is CCCCOc1cc2ccccc2cc1[C@H](N)C(F)(F)F. The van der Waals surface area contributed by atoms with Crippen LogP contribution < -0.4 is 10.5 Å². The average Bonchev–Trinajstić information content (AvgIpc) is 2.45. The average molecular weight is 297 g/mol. The van der Waals surface area contributed by atoms with E-state index in [0.717, 1.165) is 23.6 Å². The molecule has 0 aromatic heterocycles. The summed E-state index contributed by atoms with van der Waals surface area (Å²) in [7, 11) is 0. The van der Waals surface area contributed by atoms with Gasteiger partial charge in [-0.3, -0.25) is 0 Å². The van der Waals surface area contributed by atoms with Crippen LogP contribution in [0.3, 0.4) is 0 Å². The van der Waals surface area contributed by atoms with E-state index in [-0.39, 0.29) is 11.3 Å². The first-order valence-corrected chi connectivity index (χ1v) is 6.91. The van der Waals surface area contributed by atoms with E-state index >= 15 is 0 Å². The lowest BCUT2D eigenvalue weighted by molar-refractivity contribution is -0.149. The van der Waals surface area contributed by atoms with Gasteiger partial charge < -0.3 is 10.5 Å². The largest absolute Gasteiger partial charge is 0.493 e. The van der Waals surface area contributed by atoms with Crippen LogP contribution in [-0.2, 0) is 0 Å². The maximum absolute atomic E-state index is 12.9. The summed E-state index contributed by atoms with van der Waals surface area (Å²) in [5, 5.41) is 1.55. The predicted molar refractivity (Wildman–Crippen MR) is 77.3 cm³/mol. The second-order valence-corrected chi connectivity index (χ2v) is 4.96. The van der Waals surface area contributed by atoms with E-state index < -0.39 is 12.2 Å². The minimum Gasteiger partial charge on any atom is -0.493 e. The zero-order chi connectivity index (χ0) is 15.5. The number of benzene rings is 2. The number of alkyl halides is 3. The molecule has 2 nitrogen and oxygen atoms in total. The van der Waals surface area contributed by atoms with E-state index in [1.54, 1.807) is 18.2 Å². The lowest BCUT2D eigenvalue weighted by Gasteiger charge is -2.20. The molecule has 114 valence electrons. The van der Waals surface area contributed by atoms with Gasteiger partial charge in [-0.05, 0) is 29.3 Å². The van der Waals surface area contributed by atoms with Crippen molar-refractivity contribution in [2.45, 2.75) is 32.0 Å². The second kappa shape index (κ2) is 6.35. The fraction of sp³-hybridized carbons (Fsp3) is 0.375. The van der Waals surface area contributed by atoms with E-state index in [2.05, 4.69) is 0 Å². The van der Waals surface area contributed by atoms with Crippen LogP contribution in [0, 0.1) is 0 Å². The fourth-order valence-electron chi connectivity index (χ4n) is 2.11. The Hall–Kier alpha value is -1.75. The summed E-state index contributed by atoms with van der Waals surface area (Å²) in [6, 6.07) is 8.27. The molecule has 5 heteroatoms. The summed E-state index contributed by atoms with van der Waals surface area (Å²) >= 11 is 0. The Bertz CT molecular complexity index is 610. The van der Waals surface area contributed by atoms with Crippen molar-refractivity contribution in [2.24, 2.45) is 5.73 Å². The van der Waals surface area contributed by atoms with Crippen LogP contribution in [0.4, 0.5) is 13.2 Å². The molecule has 2 N–H and O–H groups in total. The maximum Gasteiger partial charge on any atom is 0.407 e. The minimum absolute atomic E-state index is 0.0164. The number of hydrogen-bond donors (Lipinski definition) is 1. The van der Waals surface area contributed by atoms with Gasteiger partial charge in [-0.2, -0.15) is 13.2 Å². The Morgan fingerprint density at radius 2 is 1.76 bits per heavy atom. The van der Waals surface area contributed by atoms with Crippen LogP contribution in [0.1, 0.15) is 31.4 Å². The van der Waals surface area contributed by atoms with Crippen LogP contribution in [0.15, 0.2) is 36.4 Å². The molecule has 0 spiro atoms. The molecule has 0 fully saturated rings. The number of fused-ring (bicyclic) bond motifs is 1. The van der Waals surface area contributed by atoms with Crippen molar-refractivity contribution in [1.29, 1.82) is 0 Å². The van der Waals surface area contributed by atoms with Crippen molar-refractivity contribution in [3.05, 3.63) is 42.0 Å². The van der Waals surface area contributed by atoms with E-state index in [4.69, 9.17) is 10.5 Å². The molecule has 2 aromatic carbocycles. The van der Waals surface area contributed by atoms with Gasteiger partial charge in [0.15, 0.2) is 0 Å². The topological polar surface area (TPSA) is 35.2 Å². The van der Waals surface area contributed by atoms with E-state index in [0.29, 0.717) is 6.61 Å². The molecule has 0 aliphatic heterocycles. The third kappa shape index (κ3) is 3.67. The van der Waals surface area contributed by atoms with Gasteiger partial charge in [0.05, 0.1) is 6.61 Å².